The van der Waals surface area contributed by atoms with Crippen LogP contribution in [0.1, 0.15) is 26.7 Å². The van der Waals surface area contributed by atoms with Gasteiger partial charge in [-0.15, -0.1) is 0 Å². The lowest BCUT2D eigenvalue weighted by Gasteiger charge is -2.23. The molecular weight excluding hydrogens is 148 g/mol. The van der Waals surface area contributed by atoms with Gasteiger partial charge in [0.05, 0.1) is 13.1 Å². The Labute approximate surface area is 75.3 Å². The number of hydrogen-bond donors (Lipinski definition) is 1. The van der Waals surface area contributed by atoms with Crippen LogP contribution in [-0.4, -0.2) is 37.1 Å². The first-order valence-corrected chi connectivity index (χ1v) is 5.28. The zero-order chi connectivity index (χ0) is 8.60. The van der Waals surface area contributed by atoms with Crippen LogP contribution in [0.5, 0.6) is 0 Å². The predicted molar refractivity (Wildman–Crippen MR) is 50.0 cm³/mol. The Morgan fingerprint density at radius 3 is 2.67 bits per heavy atom. The highest BCUT2D eigenvalue weighted by molar-refractivity contribution is 4.91. The Morgan fingerprint density at radius 2 is 2.17 bits per heavy atom. The number of hydrogen-bond acceptors (Lipinski definition) is 1. The van der Waals surface area contributed by atoms with E-state index in [2.05, 4.69) is 24.1 Å². The molecule has 2 heteroatoms. The van der Waals surface area contributed by atoms with E-state index in [1.54, 1.807) is 0 Å². The van der Waals surface area contributed by atoms with Crippen molar-refractivity contribution in [2.75, 3.05) is 26.2 Å². The summed E-state index contributed by atoms with van der Waals surface area (Å²) in [6, 6.07) is 0.755. The minimum Gasteiger partial charge on any atom is -0.346 e. The SMILES string of the molecule is CC(C)N1CCC2(CC[NH2+]C2)C1. The van der Waals surface area contributed by atoms with Crippen molar-refractivity contribution in [2.45, 2.75) is 32.7 Å². The van der Waals surface area contributed by atoms with E-state index >= 15 is 0 Å². The molecule has 0 aromatic carbocycles. The fourth-order valence-corrected chi connectivity index (χ4v) is 2.70. The summed E-state index contributed by atoms with van der Waals surface area (Å²) in [6.07, 6.45) is 2.90. The molecule has 2 heterocycles. The lowest BCUT2D eigenvalue weighted by atomic mass is 9.86. The van der Waals surface area contributed by atoms with Gasteiger partial charge in [-0.25, -0.2) is 0 Å². The quantitative estimate of drug-likeness (QED) is 0.588. The molecule has 0 aromatic heterocycles. The summed E-state index contributed by atoms with van der Waals surface area (Å²) in [5, 5.41) is 2.49. The van der Waals surface area contributed by atoms with E-state index in [1.165, 1.54) is 39.0 Å². The zero-order valence-electron chi connectivity index (χ0n) is 8.34. The Morgan fingerprint density at radius 1 is 1.33 bits per heavy atom. The van der Waals surface area contributed by atoms with Gasteiger partial charge in [0.1, 0.15) is 0 Å². The molecule has 1 atom stereocenters. The van der Waals surface area contributed by atoms with E-state index in [4.69, 9.17) is 0 Å². The van der Waals surface area contributed by atoms with Gasteiger partial charge in [-0.1, -0.05) is 0 Å². The first-order valence-electron chi connectivity index (χ1n) is 5.28. The molecule has 2 N–H and O–H groups in total. The molecular formula is C10H21N2+. The number of nitrogens with two attached hydrogens (primary N) is 1. The molecule has 0 aliphatic carbocycles. The highest BCUT2D eigenvalue weighted by atomic mass is 15.2. The third kappa shape index (κ3) is 1.38. The van der Waals surface area contributed by atoms with Gasteiger partial charge in [-0.2, -0.15) is 0 Å². The maximum absolute atomic E-state index is 2.64. The van der Waals surface area contributed by atoms with Gasteiger partial charge in [0.25, 0.3) is 0 Å². The van der Waals surface area contributed by atoms with E-state index < -0.39 is 0 Å². The summed E-state index contributed by atoms with van der Waals surface area (Å²) < 4.78 is 0. The van der Waals surface area contributed by atoms with Gasteiger partial charge < -0.3 is 10.2 Å². The summed E-state index contributed by atoms with van der Waals surface area (Å²) in [5.41, 5.74) is 0.713. The highest BCUT2D eigenvalue weighted by Gasteiger charge is 2.43. The fraction of sp³-hybridized carbons (Fsp3) is 1.00. The highest BCUT2D eigenvalue weighted by Crippen LogP contribution is 2.34. The molecule has 1 unspecified atom stereocenters. The van der Waals surface area contributed by atoms with Crippen LogP contribution in [-0.2, 0) is 0 Å². The fourth-order valence-electron chi connectivity index (χ4n) is 2.70. The Kier molecular flexibility index (Phi) is 2.13. The van der Waals surface area contributed by atoms with Crippen LogP contribution in [0.25, 0.3) is 0 Å². The van der Waals surface area contributed by atoms with E-state index in [0.717, 1.165) is 6.04 Å². The third-order valence-corrected chi connectivity index (χ3v) is 3.65. The van der Waals surface area contributed by atoms with Crippen molar-refractivity contribution in [2.24, 2.45) is 5.41 Å². The summed E-state index contributed by atoms with van der Waals surface area (Å²) in [6.45, 7) is 10.1. The number of rotatable bonds is 1. The van der Waals surface area contributed by atoms with Gasteiger partial charge in [-0.05, 0) is 26.8 Å². The molecule has 2 rings (SSSR count). The normalized spacial score (nSPS) is 37.2. The van der Waals surface area contributed by atoms with Crippen molar-refractivity contribution < 1.29 is 5.32 Å². The molecule has 1 spiro atoms. The van der Waals surface area contributed by atoms with Gasteiger partial charge in [0, 0.05) is 24.4 Å². The van der Waals surface area contributed by atoms with Crippen LogP contribution in [0.4, 0.5) is 0 Å². The molecule has 0 radical (unpaired) electrons. The molecule has 2 aliphatic heterocycles. The van der Waals surface area contributed by atoms with Gasteiger partial charge in [-0.3, -0.25) is 0 Å². The van der Waals surface area contributed by atoms with Crippen LogP contribution in [0.15, 0.2) is 0 Å². The molecule has 2 fully saturated rings. The van der Waals surface area contributed by atoms with E-state index in [9.17, 15) is 0 Å². The minimum absolute atomic E-state index is 0.713. The van der Waals surface area contributed by atoms with E-state index in [1.807, 2.05) is 0 Å². The van der Waals surface area contributed by atoms with Crippen LogP contribution < -0.4 is 5.32 Å². The molecule has 2 nitrogen and oxygen atoms in total. The monoisotopic (exact) mass is 169 g/mol. The zero-order valence-corrected chi connectivity index (χ0v) is 8.34. The topological polar surface area (TPSA) is 19.9 Å². The summed E-state index contributed by atoms with van der Waals surface area (Å²) >= 11 is 0. The second-order valence-corrected chi connectivity index (χ2v) is 4.85. The lowest BCUT2D eigenvalue weighted by molar-refractivity contribution is -0.640. The van der Waals surface area contributed by atoms with Crippen molar-refractivity contribution in [1.29, 1.82) is 0 Å². The van der Waals surface area contributed by atoms with Gasteiger partial charge in [0.2, 0.25) is 0 Å². The summed E-state index contributed by atoms with van der Waals surface area (Å²) in [4.78, 5) is 2.64. The standard InChI is InChI=1S/C10H20N2/c1-9(2)12-6-4-10(8-12)3-5-11-7-10/h9,11H,3-8H2,1-2H3/p+1. The molecule has 2 aliphatic rings. The van der Waals surface area contributed by atoms with E-state index in [-0.39, 0.29) is 0 Å². The van der Waals surface area contributed by atoms with Crippen LogP contribution in [0.2, 0.25) is 0 Å². The first kappa shape index (κ1) is 8.52. The average molecular weight is 169 g/mol. The Balaban J connectivity index is 1.96. The third-order valence-electron chi connectivity index (χ3n) is 3.65. The maximum Gasteiger partial charge on any atom is 0.0827 e. The molecule has 12 heavy (non-hydrogen) atoms. The smallest absolute Gasteiger partial charge is 0.0827 e. The van der Waals surface area contributed by atoms with E-state index in [0.29, 0.717) is 5.41 Å². The minimum atomic E-state index is 0.713. The Bertz CT molecular complexity index is 159. The molecule has 0 saturated carbocycles. The number of nitrogens with zero attached hydrogens (tertiary/aromatic N) is 1. The second kappa shape index (κ2) is 3.00. The number of likely N-dealkylation sites (tertiary alicyclic amines) is 1. The van der Waals surface area contributed by atoms with Crippen LogP contribution in [0.3, 0.4) is 0 Å². The molecule has 2 saturated heterocycles. The molecule has 70 valence electrons. The second-order valence-electron chi connectivity index (χ2n) is 4.85. The number of quaternary nitrogens is 1. The van der Waals surface area contributed by atoms with Crippen molar-refractivity contribution >= 4 is 0 Å². The maximum atomic E-state index is 2.64. The predicted octanol–water partition coefficient (Wildman–Crippen LogP) is 0.0540. The van der Waals surface area contributed by atoms with Crippen LogP contribution in [0, 0.1) is 5.41 Å². The summed E-state index contributed by atoms with van der Waals surface area (Å²) in [5.74, 6) is 0. The molecule has 0 bridgehead atoms. The van der Waals surface area contributed by atoms with Crippen LogP contribution >= 0.6 is 0 Å². The molecule has 0 amide bonds. The summed E-state index contributed by atoms with van der Waals surface area (Å²) in [7, 11) is 0. The molecule has 0 aromatic rings. The van der Waals surface area contributed by atoms with Crippen molar-refractivity contribution in [3.05, 3.63) is 0 Å². The van der Waals surface area contributed by atoms with Gasteiger partial charge in [0.15, 0.2) is 0 Å². The van der Waals surface area contributed by atoms with Gasteiger partial charge >= 0.3 is 0 Å². The lowest BCUT2D eigenvalue weighted by Crippen LogP contribution is -2.82. The van der Waals surface area contributed by atoms with Crippen molar-refractivity contribution in [1.82, 2.24) is 4.90 Å². The first-order chi connectivity index (χ1) is 5.72. The van der Waals surface area contributed by atoms with Crippen molar-refractivity contribution in [3.63, 3.8) is 0 Å². The average Bonchev–Trinajstić information content (AvgIpc) is 2.62. The largest absolute Gasteiger partial charge is 0.346 e. The Hall–Kier alpha value is -0.0800. The van der Waals surface area contributed by atoms with Crippen molar-refractivity contribution in [3.8, 4) is 0 Å².